The Hall–Kier alpha value is -3.35. The monoisotopic (exact) mass is 450 g/mol. The molecular weight excluding hydrogens is 420 g/mol. The lowest BCUT2D eigenvalue weighted by Gasteiger charge is -2.34. The van der Waals surface area contributed by atoms with E-state index in [4.69, 9.17) is 9.84 Å². The smallest absolute Gasteiger partial charge is 0.407 e. The molecule has 0 bridgehead atoms. The lowest BCUT2D eigenvalue weighted by molar-refractivity contribution is -0.141. The van der Waals surface area contributed by atoms with E-state index < -0.39 is 18.1 Å². The van der Waals surface area contributed by atoms with Crippen LogP contribution >= 0.6 is 0 Å². The molecule has 0 saturated carbocycles. The number of piperidine rings is 1. The van der Waals surface area contributed by atoms with E-state index in [-0.39, 0.29) is 30.8 Å². The highest BCUT2D eigenvalue weighted by Crippen LogP contribution is 2.44. The number of carbonyl (C=O) groups excluding carboxylic acids is 2. The number of hydrogen-bond donors (Lipinski definition) is 2. The summed E-state index contributed by atoms with van der Waals surface area (Å²) in [6.45, 7) is 3.02. The molecule has 4 rings (SSSR count). The quantitative estimate of drug-likeness (QED) is 0.664. The Balaban J connectivity index is 1.36. The summed E-state index contributed by atoms with van der Waals surface area (Å²) in [6.07, 6.45) is 1.44. The Bertz CT molecular complexity index is 991. The van der Waals surface area contributed by atoms with Crippen molar-refractivity contribution >= 4 is 18.0 Å². The van der Waals surface area contributed by atoms with Gasteiger partial charge in [0, 0.05) is 25.4 Å². The number of carbonyl (C=O) groups is 3. The highest BCUT2D eigenvalue weighted by Gasteiger charge is 2.32. The van der Waals surface area contributed by atoms with Gasteiger partial charge in [0.15, 0.2) is 0 Å². The van der Waals surface area contributed by atoms with Gasteiger partial charge in [-0.1, -0.05) is 55.5 Å². The molecule has 1 heterocycles. The fourth-order valence-electron chi connectivity index (χ4n) is 5.02. The van der Waals surface area contributed by atoms with E-state index in [1.807, 2.05) is 31.2 Å². The summed E-state index contributed by atoms with van der Waals surface area (Å²) in [7, 11) is 0. The van der Waals surface area contributed by atoms with Crippen LogP contribution in [0.4, 0.5) is 4.79 Å². The van der Waals surface area contributed by atoms with E-state index >= 15 is 0 Å². The maximum atomic E-state index is 13.0. The molecule has 2 N–H and O–H groups in total. The number of benzene rings is 2. The molecule has 1 unspecified atom stereocenters. The van der Waals surface area contributed by atoms with Gasteiger partial charge in [-0.05, 0) is 47.4 Å². The van der Waals surface area contributed by atoms with Gasteiger partial charge in [-0.2, -0.15) is 0 Å². The van der Waals surface area contributed by atoms with Crippen molar-refractivity contribution in [3.05, 3.63) is 59.7 Å². The SMILES string of the molecule is CC[C@H](NC(=O)OCC1c2ccccc2-c2ccccc21)C(=O)N1CCCC(CC(=O)O)C1. The zero-order valence-corrected chi connectivity index (χ0v) is 18.8. The van der Waals surface area contributed by atoms with E-state index in [9.17, 15) is 14.4 Å². The molecule has 1 aliphatic carbocycles. The van der Waals surface area contributed by atoms with Gasteiger partial charge in [0.2, 0.25) is 5.91 Å². The molecule has 2 aromatic rings. The molecule has 2 atom stereocenters. The molecule has 1 aliphatic heterocycles. The van der Waals surface area contributed by atoms with E-state index in [0.717, 1.165) is 35.1 Å². The van der Waals surface area contributed by atoms with E-state index in [1.54, 1.807) is 4.90 Å². The number of nitrogens with one attached hydrogen (secondary N) is 1. The van der Waals surface area contributed by atoms with Gasteiger partial charge in [0.1, 0.15) is 12.6 Å². The van der Waals surface area contributed by atoms with Crippen molar-refractivity contribution in [2.75, 3.05) is 19.7 Å². The zero-order chi connectivity index (χ0) is 23.4. The predicted molar refractivity (Wildman–Crippen MR) is 124 cm³/mol. The minimum atomic E-state index is -0.849. The summed E-state index contributed by atoms with van der Waals surface area (Å²) in [5.41, 5.74) is 4.58. The molecule has 2 aliphatic rings. The van der Waals surface area contributed by atoms with Crippen molar-refractivity contribution in [2.45, 2.75) is 44.6 Å². The Labute approximate surface area is 193 Å². The number of hydrogen-bond acceptors (Lipinski definition) is 4. The van der Waals surface area contributed by atoms with Gasteiger partial charge in [0.25, 0.3) is 0 Å². The minimum Gasteiger partial charge on any atom is -0.481 e. The number of ether oxygens (including phenoxy) is 1. The molecule has 7 nitrogen and oxygen atoms in total. The summed E-state index contributed by atoms with van der Waals surface area (Å²) in [4.78, 5) is 38.3. The highest BCUT2D eigenvalue weighted by atomic mass is 16.5. The third-order valence-corrected chi connectivity index (χ3v) is 6.64. The number of amides is 2. The van der Waals surface area contributed by atoms with Crippen LogP contribution < -0.4 is 5.32 Å². The number of carboxylic acid groups (broad SMARTS) is 1. The van der Waals surface area contributed by atoms with Gasteiger partial charge in [0.05, 0.1) is 0 Å². The summed E-state index contributed by atoms with van der Waals surface area (Å²) in [5, 5.41) is 11.8. The molecule has 1 saturated heterocycles. The second-order valence-corrected chi connectivity index (χ2v) is 8.82. The van der Waals surface area contributed by atoms with Crippen molar-refractivity contribution in [3.8, 4) is 11.1 Å². The first kappa shape index (κ1) is 22.8. The van der Waals surface area contributed by atoms with Gasteiger partial charge in [-0.15, -0.1) is 0 Å². The normalized spacial score (nSPS) is 18.2. The number of rotatable bonds is 7. The lowest BCUT2D eigenvalue weighted by Crippen LogP contribution is -2.51. The van der Waals surface area contributed by atoms with E-state index in [2.05, 4.69) is 29.6 Å². The fraction of sp³-hybridized carbons (Fsp3) is 0.423. The number of aliphatic carboxylic acids is 1. The van der Waals surface area contributed by atoms with Crippen LogP contribution in [0.25, 0.3) is 11.1 Å². The van der Waals surface area contributed by atoms with E-state index in [1.165, 1.54) is 0 Å². The van der Waals surface area contributed by atoms with Gasteiger partial charge < -0.3 is 20.1 Å². The topological polar surface area (TPSA) is 95.9 Å². The third-order valence-electron chi connectivity index (χ3n) is 6.64. The number of alkyl carbamates (subject to hydrolysis) is 1. The standard InChI is InChI=1S/C26H30N2O5/c1-2-23(25(31)28-13-7-8-17(15-28)14-24(29)30)27-26(32)33-16-22-20-11-5-3-9-18(20)19-10-4-6-12-21(19)22/h3-6,9-12,17,22-23H,2,7-8,13-16H2,1H3,(H,27,32)(H,29,30)/t17?,23-/m0/s1. The van der Waals surface area contributed by atoms with Crippen LogP contribution in [0.5, 0.6) is 0 Å². The van der Waals surface area contributed by atoms with Crippen LogP contribution in [0, 0.1) is 5.92 Å². The van der Waals surface area contributed by atoms with Crippen LogP contribution in [0.15, 0.2) is 48.5 Å². The molecule has 7 heteroatoms. The van der Waals surface area contributed by atoms with Crippen LogP contribution in [-0.2, 0) is 14.3 Å². The van der Waals surface area contributed by atoms with Crippen molar-refractivity contribution in [1.29, 1.82) is 0 Å². The average molecular weight is 451 g/mol. The Kier molecular flexibility index (Phi) is 6.96. The third kappa shape index (κ3) is 5.02. The van der Waals surface area contributed by atoms with Crippen LogP contribution in [0.3, 0.4) is 0 Å². The number of likely N-dealkylation sites (tertiary alicyclic amines) is 1. The summed E-state index contributed by atoms with van der Waals surface area (Å²) >= 11 is 0. The highest BCUT2D eigenvalue weighted by molar-refractivity contribution is 5.86. The second kappa shape index (κ2) is 10.1. The number of fused-ring (bicyclic) bond motifs is 3. The summed E-state index contributed by atoms with van der Waals surface area (Å²) in [6, 6.07) is 15.6. The van der Waals surface area contributed by atoms with Crippen molar-refractivity contribution in [1.82, 2.24) is 10.2 Å². The Morgan fingerprint density at radius 3 is 2.33 bits per heavy atom. The molecule has 2 aromatic carbocycles. The fourth-order valence-corrected chi connectivity index (χ4v) is 5.02. The first-order chi connectivity index (χ1) is 16.0. The van der Waals surface area contributed by atoms with Crippen molar-refractivity contribution < 1.29 is 24.2 Å². The Morgan fingerprint density at radius 2 is 1.73 bits per heavy atom. The lowest BCUT2D eigenvalue weighted by atomic mass is 9.94. The first-order valence-electron chi connectivity index (χ1n) is 11.6. The Morgan fingerprint density at radius 1 is 1.09 bits per heavy atom. The zero-order valence-electron chi connectivity index (χ0n) is 18.8. The molecule has 174 valence electrons. The molecule has 1 fully saturated rings. The first-order valence-corrected chi connectivity index (χ1v) is 11.6. The molecule has 0 aromatic heterocycles. The van der Waals surface area contributed by atoms with Gasteiger partial charge in [-0.25, -0.2) is 4.79 Å². The molecule has 0 radical (unpaired) electrons. The van der Waals surface area contributed by atoms with E-state index in [0.29, 0.717) is 19.5 Å². The largest absolute Gasteiger partial charge is 0.481 e. The number of nitrogens with zero attached hydrogens (tertiary/aromatic N) is 1. The second-order valence-electron chi connectivity index (χ2n) is 8.82. The van der Waals surface area contributed by atoms with Crippen LogP contribution in [0.2, 0.25) is 0 Å². The molecular formula is C26H30N2O5. The van der Waals surface area contributed by atoms with Crippen molar-refractivity contribution in [2.24, 2.45) is 5.92 Å². The van der Waals surface area contributed by atoms with Crippen molar-refractivity contribution in [3.63, 3.8) is 0 Å². The molecule has 33 heavy (non-hydrogen) atoms. The van der Waals surface area contributed by atoms with Crippen LogP contribution in [0.1, 0.15) is 49.7 Å². The number of carboxylic acids is 1. The summed E-state index contributed by atoms with van der Waals surface area (Å²) < 4.78 is 5.58. The minimum absolute atomic E-state index is 0.0437. The average Bonchev–Trinajstić information content (AvgIpc) is 3.14. The van der Waals surface area contributed by atoms with Gasteiger partial charge >= 0.3 is 12.1 Å². The predicted octanol–water partition coefficient (Wildman–Crippen LogP) is 4.02. The molecule has 2 amide bonds. The summed E-state index contributed by atoms with van der Waals surface area (Å²) in [5.74, 6) is -1.12. The maximum absolute atomic E-state index is 13.0. The van der Waals surface area contributed by atoms with Crippen LogP contribution in [-0.4, -0.2) is 53.7 Å². The van der Waals surface area contributed by atoms with Gasteiger partial charge in [-0.3, -0.25) is 9.59 Å². The molecule has 0 spiro atoms. The maximum Gasteiger partial charge on any atom is 0.407 e.